The molecule has 2 atom stereocenters. The highest BCUT2D eigenvalue weighted by Crippen LogP contribution is 2.31. The molecule has 4 rings (SSSR count). The summed E-state index contributed by atoms with van der Waals surface area (Å²) in [4.78, 5) is 40.9. The van der Waals surface area contributed by atoms with E-state index in [-0.39, 0.29) is 29.6 Å². The smallest absolute Gasteiger partial charge is 0.270 e. The van der Waals surface area contributed by atoms with Gasteiger partial charge in [0.05, 0.1) is 17.0 Å². The maximum Gasteiger partial charge on any atom is 0.270 e. The molecule has 180 valence electrons. The molecular weight excluding hydrogens is 432 g/mol. The Bertz CT molecular complexity index is 1010. The maximum absolute atomic E-state index is 13.5. The SMILES string of the molecule is C[C@H](NC(=O)[C@H](C1CCCC1)N1CCN(C(=O)c2cccc([N+](=O)[O-])c2)CC1)c1ccccc1. The van der Waals surface area contributed by atoms with E-state index >= 15 is 0 Å². The molecule has 2 aromatic rings. The van der Waals surface area contributed by atoms with E-state index in [1.165, 1.54) is 18.2 Å². The molecule has 8 heteroatoms. The summed E-state index contributed by atoms with van der Waals surface area (Å²) in [6.45, 7) is 4.21. The van der Waals surface area contributed by atoms with Crippen molar-refractivity contribution in [2.24, 2.45) is 5.92 Å². The summed E-state index contributed by atoms with van der Waals surface area (Å²) in [5, 5.41) is 14.3. The lowest BCUT2D eigenvalue weighted by Gasteiger charge is -2.41. The average molecular weight is 465 g/mol. The zero-order valence-electron chi connectivity index (χ0n) is 19.6. The Morgan fingerprint density at radius 2 is 1.68 bits per heavy atom. The van der Waals surface area contributed by atoms with Crippen molar-refractivity contribution in [1.29, 1.82) is 0 Å². The second-order valence-corrected chi connectivity index (χ2v) is 9.27. The first-order valence-corrected chi connectivity index (χ1v) is 12.1. The van der Waals surface area contributed by atoms with Crippen molar-refractivity contribution in [3.05, 3.63) is 75.8 Å². The van der Waals surface area contributed by atoms with Crippen LogP contribution >= 0.6 is 0 Å². The number of amides is 2. The first-order valence-electron chi connectivity index (χ1n) is 12.1. The number of hydrogen-bond donors (Lipinski definition) is 1. The monoisotopic (exact) mass is 464 g/mol. The summed E-state index contributed by atoms with van der Waals surface area (Å²) in [6, 6.07) is 15.5. The number of hydrogen-bond acceptors (Lipinski definition) is 5. The zero-order valence-corrected chi connectivity index (χ0v) is 19.6. The molecule has 0 spiro atoms. The molecule has 1 aliphatic carbocycles. The van der Waals surface area contributed by atoms with Gasteiger partial charge in [-0.25, -0.2) is 0 Å². The predicted molar refractivity (Wildman–Crippen MR) is 129 cm³/mol. The van der Waals surface area contributed by atoms with Gasteiger partial charge in [-0.2, -0.15) is 0 Å². The molecule has 2 aliphatic rings. The standard InChI is InChI=1S/C26H32N4O4/c1-19(20-8-3-2-4-9-20)27-25(31)24(21-10-5-6-11-21)28-14-16-29(17-15-28)26(32)22-12-7-13-23(18-22)30(33)34/h2-4,7-9,12-13,18-19,21,24H,5-6,10-11,14-17H2,1H3,(H,27,31)/t19-,24-/m0/s1. The summed E-state index contributed by atoms with van der Waals surface area (Å²) >= 11 is 0. The third kappa shape index (κ3) is 5.44. The van der Waals surface area contributed by atoms with Crippen LogP contribution in [-0.4, -0.2) is 58.8 Å². The van der Waals surface area contributed by atoms with E-state index in [9.17, 15) is 19.7 Å². The Balaban J connectivity index is 1.42. The van der Waals surface area contributed by atoms with Crippen LogP contribution in [-0.2, 0) is 4.79 Å². The number of nitro groups is 1. The number of carbonyl (C=O) groups is 2. The molecule has 1 saturated heterocycles. The maximum atomic E-state index is 13.5. The minimum Gasteiger partial charge on any atom is -0.348 e. The van der Waals surface area contributed by atoms with E-state index in [2.05, 4.69) is 10.2 Å². The molecule has 1 aliphatic heterocycles. The number of nitro benzene ring substituents is 1. The van der Waals surface area contributed by atoms with Gasteiger partial charge >= 0.3 is 0 Å². The van der Waals surface area contributed by atoms with E-state index in [0.717, 1.165) is 31.2 Å². The van der Waals surface area contributed by atoms with Crippen LogP contribution in [0.25, 0.3) is 0 Å². The lowest BCUT2D eigenvalue weighted by atomic mass is 9.94. The summed E-state index contributed by atoms with van der Waals surface area (Å²) in [6.07, 6.45) is 4.39. The van der Waals surface area contributed by atoms with Crippen LogP contribution < -0.4 is 5.32 Å². The van der Waals surface area contributed by atoms with Crippen LogP contribution in [0.5, 0.6) is 0 Å². The largest absolute Gasteiger partial charge is 0.348 e. The predicted octanol–water partition coefficient (Wildman–Crippen LogP) is 3.79. The van der Waals surface area contributed by atoms with Crippen molar-refractivity contribution in [1.82, 2.24) is 15.1 Å². The molecule has 1 heterocycles. The third-order valence-electron chi connectivity index (χ3n) is 7.07. The van der Waals surface area contributed by atoms with Crippen LogP contribution in [0, 0.1) is 16.0 Å². The molecule has 1 saturated carbocycles. The number of carbonyl (C=O) groups excluding carboxylic acids is 2. The molecule has 2 aromatic carbocycles. The number of benzene rings is 2. The molecule has 1 N–H and O–H groups in total. The molecule has 8 nitrogen and oxygen atoms in total. The Kier molecular flexibility index (Phi) is 7.57. The van der Waals surface area contributed by atoms with Crippen molar-refractivity contribution < 1.29 is 14.5 Å². The van der Waals surface area contributed by atoms with Gasteiger partial charge in [0.25, 0.3) is 11.6 Å². The average Bonchev–Trinajstić information content (AvgIpc) is 3.39. The van der Waals surface area contributed by atoms with Gasteiger partial charge in [0.15, 0.2) is 0 Å². The first kappa shape index (κ1) is 23.9. The molecular formula is C26H32N4O4. The summed E-state index contributed by atoms with van der Waals surface area (Å²) in [7, 11) is 0. The highest BCUT2D eigenvalue weighted by molar-refractivity contribution is 5.95. The Morgan fingerprint density at radius 1 is 1.00 bits per heavy atom. The normalized spacial score (nSPS) is 18.9. The fourth-order valence-electron chi connectivity index (χ4n) is 5.21. The molecule has 0 bridgehead atoms. The third-order valence-corrected chi connectivity index (χ3v) is 7.07. The number of nitrogens with one attached hydrogen (secondary N) is 1. The number of piperazine rings is 1. The van der Waals surface area contributed by atoms with Gasteiger partial charge in [0.1, 0.15) is 0 Å². The highest BCUT2D eigenvalue weighted by Gasteiger charge is 2.38. The van der Waals surface area contributed by atoms with Crippen LogP contribution in [0.1, 0.15) is 54.6 Å². The topological polar surface area (TPSA) is 95.8 Å². The van der Waals surface area contributed by atoms with Crippen LogP contribution in [0.15, 0.2) is 54.6 Å². The highest BCUT2D eigenvalue weighted by atomic mass is 16.6. The van der Waals surface area contributed by atoms with Crippen LogP contribution in [0.3, 0.4) is 0 Å². The minimum absolute atomic E-state index is 0.0571. The number of non-ortho nitro benzene ring substituents is 1. The fraction of sp³-hybridized carbons (Fsp3) is 0.462. The first-order chi connectivity index (χ1) is 16.4. The summed E-state index contributed by atoms with van der Waals surface area (Å²) in [5.41, 5.74) is 1.31. The molecule has 0 radical (unpaired) electrons. The van der Waals surface area contributed by atoms with Crippen molar-refractivity contribution in [3.63, 3.8) is 0 Å². The van der Waals surface area contributed by atoms with E-state index in [1.807, 2.05) is 37.3 Å². The molecule has 2 amide bonds. The van der Waals surface area contributed by atoms with Crippen molar-refractivity contribution in [3.8, 4) is 0 Å². The summed E-state index contributed by atoms with van der Waals surface area (Å²) in [5.74, 6) is 0.173. The van der Waals surface area contributed by atoms with Gasteiger partial charge in [-0.15, -0.1) is 0 Å². The van der Waals surface area contributed by atoms with Gasteiger partial charge in [0.2, 0.25) is 5.91 Å². The lowest BCUT2D eigenvalue weighted by molar-refractivity contribution is -0.384. The molecule has 2 fully saturated rings. The molecule has 34 heavy (non-hydrogen) atoms. The number of rotatable bonds is 7. The van der Waals surface area contributed by atoms with E-state index in [0.29, 0.717) is 37.7 Å². The fourth-order valence-corrected chi connectivity index (χ4v) is 5.21. The van der Waals surface area contributed by atoms with Gasteiger partial charge in [-0.3, -0.25) is 24.6 Å². The quantitative estimate of drug-likeness (QED) is 0.497. The lowest BCUT2D eigenvalue weighted by Crippen LogP contribution is -2.58. The van der Waals surface area contributed by atoms with Crippen LogP contribution in [0.4, 0.5) is 5.69 Å². The Labute approximate surface area is 200 Å². The number of nitrogens with zero attached hydrogens (tertiary/aromatic N) is 3. The van der Waals surface area contributed by atoms with E-state index < -0.39 is 4.92 Å². The van der Waals surface area contributed by atoms with E-state index in [1.54, 1.807) is 11.0 Å². The van der Waals surface area contributed by atoms with Crippen molar-refractivity contribution in [2.75, 3.05) is 26.2 Å². The van der Waals surface area contributed by atoms with E-state index in [4.69, 9.17) is 0 Å². The molecule has 0 unspecified atom stereocenters. The minimum atomic E-state index is -0.490. The summed E-state index contributed by atoms with van der Waals surface area (Å²) < 4.78 is 0. The zero-order chi connectivity index (χ0) is 24.1. The van der Waals surface area contributed by atoms with Crippen molar-refractivity contribution in [2.45, 2.75) is 44.7 Å². The van der Waals surface area contributed by atoms with Crippen LogP contribution in [0.2, 0.25) is 0 Å². The molecule has 0 aromatic heterocycles. The van der Waals surface area contributed by atoms with Gasteiger partial charge in [0, 0.05) is 43.9 Å². The Hall–Kier alpha value is -3.26. The van der Waals surface area contributed by atoms with Gasteiger partial charge in [-0.1, -0.05) is 49.2 Å². The Morgan fingerprint density at radius 3 is 2.32 bits per heavy atom. The van der Waals surface area contributed by atoms with Gasteiger partial charge < -0.3 is 10.2 Å². The van der Waals surface area contributed by atoms with Crippen molar-refractivity contribution >= 4 is 17.5 Å². The van der Waals surface area contributed by atoms with Gasteiger partial charge in [-0.05, 0) is 37.3 Å². The second kappa shape index (κ2) is 10.8. The second-order valence-electron chi connectivity index (χ2n) is 9.27.